The molecule has 0 saturated carbocycles. The van der Waals surface area contributed by atoms with Crippen LogP contribution in [-0.4, -0.2) is 22.0 Å². The van der Waals surface area contributed by atoms with Crippen LogP contribution in [0.25, 0.3) is 32.8 Å². The number of hydrogen-bond donors (Lipinski definition) is 2. The lowest BCUT2D eigenvalue weighted by molar-refractivity contribution is -0.137. The smallest absolute Gasteiger partial charge is 0.357 e. The number of aromatic nitrogens is 3. The first kappa shape index (κ1) is 21.6. The summed E-state index contributed by atoms with van der Waals surface area (Å²) in [5.74, 6) is 1.04. The second kappa shape index (κ2) is 8.30. The number of benzene rings is 3. The first-order valence-corrected chi connectivity index (χ1v) is 10.6. The number of nitrogens with one attached hydrogen (secondary N) is 2. The van der Waals surface area contributed by atoms with E-state index >= 15 is 0 Å². The van der Waals surface area contributed by atoms with Crippen molar-refractivity contribution in [2.45, 2.75) is 13.1 Å². The van der Waals surface area contributed by atoms with E-state index < -0.39 is 11.7 Å². The molecule has 0 atom stereocenters. The van der Waals surface area contributed by atoms with Gasteiger partial charge in [-0.3, -0.25) is 0 Å². The molecule has 0 aliphatic rings. The third-order valence-electron chi connectivity index (χ3n) is 5.70. The van der Waals surface area contributed by atoms with E-state index in [9.17, 15) is 13.2 Å². The van der Waals surface area contributed by atoms with Crippen LogP contribution in [0.4, 0.5) is 30.6 Å². The fourth-order valence-corrected chi connectivity index (χ4v) is 4.07. The van der Waals surface area contributed by atoms with Gasteiger partial charge in [-0.25, -0.2) is 15.0 Å². The Balaban J connectivity index is 1.61. The Kier molecular flexibility index (Phi) is 5.28. The molecule has 0 bridgehead atoms. The summed E-state index contributed by atoms with van der Waals surface area (Å²) >= 11 is 0. The molecule has 0 amide bonds. The van der Waals surface area contributed by atoms with E-state index in [2.05, 4.69) is 25.6 Å². The summed E-state index contributed by atoms with van der Waals surface area (Å²) in [5, 5.41) is 8.66. The highest BCUT2D eigenvalue weighted by Gasteiger charge is 2.30. The second-order valence-electron chi connectivity index (χ2n) is 7.93. The van der Waals surface area contributed by atoms with Crippen LogP contribution in [0.2, 0.25) is 0 Å². The van der Waals surface area contributed by atoms with Crippen LogP contribution in [0.5, 0.6) is 0 Å². The molecular formula is C26H20F3N5. The maximum absolute atomic E-state index is 13.1. The lowest BCUT2D eigenvalue weighted by Crippen LogP contribution is -2.05. The van der Waals surface area contributed by atoms with Gasteiger partial charge in [0.25, 0.3) is 0 Å². The third kappa shape index (κ3) is 3.98. The van der Waals surface area contributed by atoms with Crippen molar-refractivity contribution in [2.75, 3.05) is 17.7 Å². The van der Waals surface area contributed by atoms with E-state index in [1.165, 1.54) is 6.07 Å². The number of aryl methyl sites for hydroxylation is 1. The van der Waals surface area contributed by atoms with Gasteiger partial charge in [0, 0.05) is 35.9 Å². The molecule has 0 saturated heterocycles. The van der Waals surface area contributed by atoms with E-state index in [1.54, 1.807) is 25.5 Å². The number of hydrogen-bond acceptors (Lipinski definition) is 5. The lowest BCUT2D eigenvalue weighted by Gasteiger charge is -2.15. The fourth-order valence-electron chi connectivity index (χ4n) is 4.07. The topological polar surface area (TPSA) is 62.7 Å². The van der Waals surface area contributed by atoms with Crippen molar-refractivity contribution in [1.29, 1.82) is 0 Å². The predicted octanol–water partition coefficient (Wildman–Crippen LogP) is 6.96. The van der Waals surface area contributed by atoms with E-state index in [0.717, 1.165) is 50.5 Å². The van der Waals surface area contributed by atoms with Crippen molar-refractivity contribution < 1.29 is 13.2 Å². The molecule has 0 aliphatic carbocycles. The van der Waals surface area contributed by atoms with Gasteiger partial charge in [0.2, 0.25) is 5.95 Å². The highest BCUT2D eigenvalue weighted by atomic mass is 19.4. The van der Waals surface area contributed by atoms with Crippen molar-refractivity contribution in [3.8, 4) is 11.1 Å². The van der Waals surface area contributed by atoms with Crippen LogP contribution in [-0.2, 0) is 6.18 Å². The van der Waals surface area contributed by atoms with Crippen LogP contribution in [0.3, 0.4) is 0 Å². The van der Waals surface area contributed by atoms with Gasteiger partial charge in [0.1, 0.15) is 5.82 Å². The number of rotatable bonds is 4. The molecule has 8 heteroatoms. The highest BCUT2D eigenvalue weighted by molar-refractivity contribution is 6.04. The molecule has 2 heterocycles. The Bertz CT molecular complexity index is 1530. The molecule has 5 nitrogen and oxygen atoms in total. The van der Waals surface area contributed by atoms with E-state index in [0.29, 0.717) is 17.5 Å². The molecule has 5 rings (SSSR count). The Hall–Kier alpha value is -4.20. The predicted molar refractivity (Wildman–Crippen MR) is 129 cm³/mol. The van der Waals surface area contributed by atoms with Crippen LogP contribution in [0.15, 0.2) is 73.1 Å². The summed E-state index contributed by atoms with van der Waals surface area (Å²) < 4.78 is 39.4. The van der Waals surface area contributed by atoms with Crippen LogP contribution >= 0.6 is 0 Å². The normalized spacial score (nSPS) is 11.7. The summed E-state index contributed by atoms with van der Waals surface area (Å²) in [6, 6.07) is 16.9. The lowest BCUT2D eigenvalue weighted by atomic mass is 9.93. The maximum atomic E-state index is 13.1. The minimum Gasteiger partial charge on any atom is -0.357 e. The minimum absolute atomic E-state index is 0.320. The van der Waals surface area contributed by atoms with Crippen molar-refractivity contribution in [2.24, 2.45) is 0 Å². The molecule has 0 fully saturated rings. The Morgan fingerprint density at radius 3 is 2.53 bits per heavy atom. The zero-order valence-electron chi connectivity index (χ0n) is 18.4. The van der Waals surface area contributed by atoms with E-state index in [-0.39, 0.29) is 0 Å². The monoisotopic (exact) mass is 459 g/mol. The Morgan fingerprint density at radius 1 is 0.882 bits per heavy atom. The second-order valence-corrected chi connectivity index (χ2v) is 7.93. The molecule has 5 aromatic rings. The number of fused-ring (bicyclic) bond motifs is 2. The van der Waals surface area contributed by atoms with Crippen molar-refractivity contribution >= 4 is 39.1 Å². The quantitative estimate of drug-likeness (QED) is 0.304. The molecule has 34 heavy (non-hydrogen) atoms. The molecule has 2 aromatic heterocycles. The Morgan fingerprint density at radius 2 is 1.74 bits per heavy atom. The maximum Gasteiger partial charge on any atom is 0.416 e. The Labute approximate surface area is 193 Å². The van der Waals surface area contributed by atoms with Crippen LogP contribution in [0, 0.1) is 6.92 Å². The molecule has 3 aromatic carbocycles. The molecule has 0 unspecified atom stereocenters. The first-order chi connectivity index (χ1) is 16.3. The summed E-state index contributed by atoms with van der Waals surface area (Å²) in [6.07, 6.45) is -0.979. The van der Waals surface area contributed by atoms with Gasteiger partial charge in [-0.2, -0.15) is 13.2 Å². The van der Waals surface area contributed by atoms with Crippen molar-refractivity contribution in [3.63, 3.8) is 0 Å². The van der Waals surface area contributed by atoms with Gasteiger partial charge in [-0.05, 0) is 65.4 Å². The number of alkyl halides is 3. The minimum atomic E-state index is -4.41. The number of halogens is 3. The number of anilines is 3. The molecule has 0 radical (unpaired) electrons. The SMILES string of the molecule is CNc1ncc2cc(-c3c(C)ccc4c(Nc5cccc(C(F)(F)F)c5)nccc34)ccc2n1. The van der Waals surface area contributed by atoms with Gasteiger partial charge in [-0.1, -0.05) is 24.3 Å². The van der Waals surface area contributed by atoms with Crippen LogP contribution in [0.1, 0.15) is 11.1 Å². The van der Waals surface area contributed by atoms with Crippen molar-refractivity contribution in [1.82, 2.24) is 15.0 Å². The molecular weight excluding hydrogens is 439 g/mol. The van der Waals surface area contributed by atoms with Gasteiger partial charge in [-0.15, -0.1) is 0 Å². The van der Waals surface area contributed by atoms with Gasteiger partial charge in [0.15, 0.2) is 0 Å². The zero-order chi connectivity index (χ0) is 23.9. The fraction of sp³-hybridized carbons (Fsp3) is 0.115. The van der Waals surface area contributed by atoms with E-state index in [4.69, 9.17) is 0 Å². The van der Waals surface area contributed by atoms with Crippen LogP contribution < -0.4 is 10.6 Å². The number of pyridine rings is 1. The first-order valence-electron chi connectivity index (χ1n) is 10.6. The standard InChI is InChI=1S/C26H20F3N5/c1-15-6-8-21-20(23(15)16-7-9-22-17(12-16)14-32-25(30-2)34-22)10-11-31-24(21)33-19-5-3-4-18(13-19)26(27,28)29/h3-14H,1-2H3,(H,31,33)(H,30,32,34). The summed E-state index contributed by atoms with van der Waals surface area (Å²) in [7, 11) is 1.77. The van der Waals surface area contributed by atoms with Gasteiger partial charge < -0.3 is 10.6 Å². The van der Waals surface area contributed by atoms with E-state index in [1.807, 2.05) is 43.3 Å². The summed E-state index contributed by atoms with van der Waals surface area (Å²) in [6.45, 7) is 2.03. The van der Waals surface area contributed by atoms with Gasteiger partial charge in [0.05, 0.1) is 11.1 Å². The summed E-state index contributed by atoms with van der Waals surface area (Å²) in [4.78, 5) is 13.2. The average Bonchev–Trinajstić information content (AvgIpc) is 2.83. The number of nitrogens with zero attached hydrogens (tertiary/aromatic N) is 3. The zero-order valence-corrected chi connectivity index (χ0v) is 18.4. The van der Waals surface area contributed by atoms with Gasteiger partial charge >= 0.3 is 6.18 Å². The third-order valence-corrected chi connectivity index (χ3v) is 5.70. The molecule has 0 aliphatic heterocycles. The molecule has 170 valence electrons. The molecule has 0 spiro atoms. The largest absolute Gasteiger partial charge is 0.416 e. The highest BCUT2D eigenvalue weighted by Crippen LogP contribution is 2.37. The molecule has 2 N–H and O–H groups in total. The van der Waals surface area contributed by atoms with Crippen molar-refractivity contribution in [3.05, 3.63) is 84.2 Å². The summed E-state index contributed by atoms with van der Waals surface area (Å²) in [5.41, 5.74) is 3.51. The average molecular weight is 459 g/mol.